The van der Waals surface area contributed by atoms with Gasteiger partial charge in [-0.3, -0.25) is 5.10 Å². The number of aromatic nitrogens is 3. The number of nitrogens with one attached hydrogen (secondary N) is 2. The van der Waals surface area contributed by atoms with Crippen molar-refractivity contribution < 1.29 is 4.74 Å². The molecule has 1 heterocycles. The first-order valence-corrected chi connectivity index (χ1v) is 10.7. The number of fused-ring (bicyclic) bond motifs is 1. The van der Waals surface area contributed by atoms with Gasteiger partial charge in [-0.15, -0.1) is 0 Å². The highest BCUT2D eigenvalue weighted by atomic mass is 35.5. The monoisotopic (exact) mass is 458 g/mol. The molecule has 0 unspecified atom stereocenters. The van der Waals surface area contributed by atoms with Crippen LogP contribution in [-0.2, 0) is 19.6 Å². The molecule has 0 spiro atoms. The molecule has 4 rings (SSSR count). The lowest BCUT2D eigenvalue weighted by Gasteiger charge is -2.17. The molecule has 5 nitrogen and oxygen atoms in total. The van der Waals surface area contributed by atoms with Crippen molar-refractivity contribution in [1.82, 2.24) is 14.9 Å². The van der Waals surface area contributed by atoms with E-state index in [1.165, 1.54) is 0 Å². The third-order valence-electron chi connectivity index (χ3n) is 4.87. The molecule has 0 saturated heterocycles. The Bertz CT molecular complexity index is 1250. The van der Waals surface area contributed by atoms with E-state index in [-0.39, 0.29) is 0 Å². The Balaban J connectivity index is 1.65. The Morgan fingerprint density at radius 1 is 1.13 bits per heavy atom. The van der Waals surface area contributed by atoms with E-state index in [0.717, 1.165) is 39.9 Å². The van der Waals surface area contributed by atoms with Gasteiger partial charge in [-0.2, -0.15) is 5.10 Å². The van der Waals surface area contributed by atoms with Crippen molar-refractivity contribution in [2.24, 2.45) is 0 Å². The summed E-state index contributed by atoms with van der Waals surface area (Å²) in [6.07, 6.45) is 0.758. The molecule has 0 amide bonds. The summed E-state index contributed by atoms with van der Waals surface area (Å²) < 4.78 is 8.52. The van der Waals surface area contributed by atoms with Crippen LogP contribution in [0.2, 0.25) is 10.0 Å². The fraction of sp³-hybridized carbons (Fsp3) is 0.182. The molecular weight excluding hydrogens is 439 g/mol. The third-order valence-corrected chi connectivity index (χ3v) is 5.73. The molecule has 0 saturated carbocycles. The number of ether oxygens (including phenoxy) is 1. The molecular formula is C22H20Cl2N4OS. The first-order valence-electron chi connectivity index (χ1n) is 9.54. The Morgan fingerprint density at radius 2 is 1.97 bits per heavy atom. The average molecular weight is 459 g/mol. The summed E-state index contributed by atoms with van der Waals surface area (Å²) in [5.74, 6) is 1.62. The van der Waals surface area contributed by atoms with Crippen molar-refractivity contribution >= 4 is 46.2 Å². The van der Waals surface area contributed by atoms with Crippen molar-refractivity contribution in [1.29, 1.82) is 0 Å². The van der Waals surface area contributed by atoms with Gasteiger partial charge in [-0.1, -0.05) is 66.5 Å². The van der Waals surface area contributed by atoms with Gasteiger partial charge in [0.15, 0.2) is 5.82 Å². The minimum Gasteiger partial charge on any atom is -0.488 e. The van der Waals surface area contributed by atoms with E-state index in [0.29, 0.717) is 28.0 Å². The van der Waals surface area contributed by atoms with Crippen LogP contribution in [0.25, 0.3) is 10.8 Å². The van der Waals surface area contributed by atoms with Gasteiger partial charge >= 0.3 is 0 Å². The summed E-state index contributed by atoms with van der Waals surface area (Å²) in [5, 5.41) is 10.5. The number of nitrogens with zero attached hydrogens (tertiary/aromatic N) is 2. The lowest BCUT2D eigenvalue weighted by Crippen LogP contribution is -2.18. The molecule has 0 aliphatic carbocycles. The largest absolute Gasteiger partial charge is 0.488 e. The number of hydrogen-bond acceptors (Lipinski definition) is 4. The first kappa shape index (κ1) is 20.7. The van der Waals surface area contributed by atoms with Crippen LogP contribution in [0.3, 0.4) is 0 Å². The molecule has 0 fully saturated rings. The molecule has 2 N–H and O–H groups in total. The van der Waals surface area contributed by atoms with Gasteiger partial charge in [0.1, 0.15) is 12.4 Å². The van der Waals surface area contributed by atoms with Crippen LogP contribution < -0.4 is 10.2 Å². The van der Waals surface area contributed by atoms with Crippen LogP contribution in [0.4, 0.5) is 0 Å². The highest BCUT2D eigenvalue weighted by Gasteiger charge is 2.12. The van der Waals surface area contributed by atoms with Crippen LogP contribution in [0.15, 0.2) is 54.6 Å². The summed E-state index contributed by atoms with van der Waals surface area (Å²) in [6, 6.07) is 17.7. The van der Waals surface area contributed by atoms with Crippen molar-refractivity contribution in [3.63, 3.8) is 0 Å². The van der Waals surface area contributed by atoms with E-state index in [4.69, 9.17) is 40.2 Å². The van der Waals surface area contributed by atoms with E-state index in [1.807, 2.05) is 37.3 Å². The van der Waals surface area contributed by atoms with E-state index in [9.17, 15) is 0 Å². The zero-order valence-corrected chi connectivity index (χ0v) is 18.6. The standard InChI is InChI=1S/C22H20Cl2N4OS/c1-2-21-26-27-22(30)28(21)25-12-18-17-6-4-3-5-14(17)8-10-20(18)29-13-15-7-9-16(23)11-19(15)24/h3-11,25H,2,12-13H2,1H3,(H,27,30). The van der Waals surface area contributed by atoms with Gasteiger partial charge in [-0.25, -0.2) is 4.68 Å². The molecule has 0 atom stereocenters. The quantitative estimate of drug-likeness (QED) is 0.319. The second-order valence-electron chi connectivity index (χ2n) is 6.76. The number of H-pyrrole nitrogens is 1. The van der Waals surface area contributed by atoms with Crippen LogP contribution in [0.5, 0.6) is 5.75 Å². The SMILES string of the molecule is CCc1n[nH]c(=S)n1NCc1c(OCc2ccc(Cl)cc2Cl)ccc2ccccc12. The molecule has 0 aliphatic rings. The maximum absolute atomic E-state index is 6.31. The van der Waals surface area contributed by atoms with Gasteiger partial charge in [0.25, 0.3) is 0 Å². The number of benzene rings is 3. The fourth-order valence-electron chi connectivity index (χ4n) is 3.32. The van der Waals surface area contributed by atoms with Gasteiger partial charge in [0.2, 0.25) is 4.77 Å². The topological polar surface area (TPSA) is 54.9 Å². The van der Waals surface area contributed by atoms with Gasteiger partial charge in [-0.05, 0) is 41.2 Å². The second kappa shape index (κ2) is 9.08. The zero-order valence-electron chi connectivity index (χ0n) is 16.3. The summed E-state index contributed by atoms with van der Waals surface area (Å²) in [6.45, 7) is 2.89. The molecule has 1 aromatic heterocycles. The predicted octanol–water partition coefficient (Wildman–Crippen LogP) is 6.29. The Labute approximate surface area is 189 Å². The van der Waals surface area contributed by atoms with E-state index in [2.05, 4.69) is 33.8 Å². The minimum absolute atomic E-state index is 0.340. The van der Waals surface area contributed by atoms with Crippen LogP contribution >= 0.6 is 35.4 Å². The molecule has 0 radical (unpaired) electrons. The molecule has 8 heteroatoms. The minimum atomic E-state index is 0.340. The van der Waals surface area contributed by atoms with E-state index < -0.39 is 0 Å². The number of aryl methyl sites for hydroxylation is 1. The van der Waals surface area contributed by atoms with Crippen LogP contribution in [0, 0.1) is 4.77 Å². The lowest BCUT2D eigenvalue weighted by molar-refractivity contribution is 0.303. The van der Waals surface area contributed by atoms with Crippen molar-refractivity contribution in [3.8, 4) is 5.75 Å². The molecule has 0 aliphatic heterocycles. The predicted molar refractivity (Wildman–Crippen MR) is 125 cm³/mol. The maximum atomic E-state index is 6.31. The number of rotatable bonds is 7. The maximum Gasteiger partial charge on any atom is 0.214 e. The number of hydrogen-bond donors (Lipinski definition) is 2. The number of halogens is 2. The summed E-state index contributed by atoms with van der Waals surface area (Å²) in [4.78, 5) is 0. The second-order valence-corrected chi connectivity index (χ2v) is 7.99. The smallest absolute Gasteiger partial charge is 0.214 e. The molecule has 154 valence electrons. The van der Waals surface area contributed by atoms with Crippen LogP contribution in [0.1, 0.15) is 23.9 Å². The summed E-state index contributed by atoms with van der Waals surface area (Å²) in [5.41, 5.74) is 5.28. The average Bonchev–Trinajstić information content (AvgIpc) is 3.11. The molecule has 30 heavy (non-hydrogen) atoms. The highest BCUT2D eigenvalue weighted by molar-refractivity contribution is 7.71. The van der Waals surface area contributed by atoms with Gasteiger partial charge < -0.3 is 10.2 Å². The molecule has 3 aromatic carbocycles. The number of aromatic amines is 1. The first-order chi connectivity index (χ1) is 14.6. The molecule has 0 bridgehead atoms. The van der Waals surface area contributed by atoms with Crippen LogP contribution in [-0.4, -0.2) is 14.9 Å². The van der Waals surface area contributed by atoms with E-state index in [1.54, 1.807) is 10.7 Å². The Morgan fingerprint density at radius 3 is 2.77 bits per heavy atom. The van der Waals surface area contributed by atoms with Crippen molar-refractivity contribution in [3.05, 3.63) is 86.4 Å². The van der Waals surface area contributed by atoms with Gasteiger partial charge in [0.05, 0.1) is 6.54 Å². The fourth-order valence-corrected chi connectivity index (χ4v) is 3.99. The molecule has 4 aromatic rings. The summed E-state index contributed by atoms with van der Waals surface area (Å²) in [7, 11) is 0. The highest BCUT2D eigenvalue weighted by Crippen LogP contribution is 2.30. The van der Waals surface area contributed by atoms with Crippen molar-refractivity contribution in [2.75, 3.05) is 5.43 Å². The van der Waals surface area contributed by atoms with Gasteiger partial charge in [0, 0.05) is 27.6 Å². The van der Waals surface area contributed by atoms with Crippen molar-refractivity contribution in [2.45, 2.75) is 26.5 Å². The lowest BCUT2D eigenvalue weighted by atomic mass is 10.0. The summed E-state index contributed by atoms with van der Waals surface area (Å²) >= 11 is 17.7. The normalized spacial score (nSPS) is 11.0. The third kappa shape index (κ3) is 4.31. The Kier molecular flexibility index (Phi) is 6.27. The Hall–Kier alpha value is -2.54. The zero-order chi connectivity index (χ0) is 21.1. The van der Waals surface area contributed by atoms with E-state index >= 15 is 0 Å².